The SMILES string of the molecule is CCCCCCCC[C@H]1CN[C@@H](CCO)[C@@H]1O. The Morgan fingerprint density at radius 1 is 1.06 bits per heavy atom. The summed E-state index contributed by atoms with van der Waals surface area (Å²) in [6, 6.07) is 0.116. The lowest BCUT2D eigenvalue weighted by molar-refractivity contribution is 0.101. The highest BCUT2D eigenvalue weighted by Crippen LogP contribution is 2.23. The van der Waals surface area contributed by atoms with Crippen LogP contribution in [0.2, 0.25) is 0 Å². The van der Waals surface area contributed by atoms with E-state index in [4.69, 9.17) is 5.11 Å². The van der Waals surface area contributed by atoms with Gasteiger partial charge in [-0.05, 0) is 18.8 Å². The fourth-order valence-electron chi connectivity index (χ4n) is 2.74. The first-order valence-corrected chi connectivity index (χ1v) is 7.32. The molecule has 0 amide bonds. The number of unbranched alkanes of at least 4 members (excludes halogenated alkanes) is 5. The molecule has 1 fully saturated rings. The van der Waals surface area contributed by atoms with Gasteiger partial charge in [0.05, 0.1) is 6.10 Å². The number of rotatable bonds is 9. The molecular formula is C14H29NO2. The lowest BCUT2D eigenvalue weighted by atomic mass is 9.94. The molecule has 0 aromatic carbocycles. The van der Waals surface area contributed by atoms with Crippen molar-refractivity contribution >= 4 is 0 Å². The normalized spacial score (nSPS) is 28.8. The first-order chi connectivity index (χ1) is 8.29. The summed E-state index contributed by atoms with van der Waals surface area (Å²) >= 11 is 0. The van der Waals surface area contributed by atoms with Crippen LogP contribution in [-0.2, 0) is 0 Å². The number of nitrogens with one attached hydrogen (secondary N) is 1. The molecule has 1 heterocycles. The minimum absolute atomic E-state index is 0.116. The van der Waals surface area contributed by atoms with Crippen molar-refractivity contribution < 1.29 is 10.2 Å². The third kappa shape index (κ3) is 5.36. The lowest BCUT2D eigenvalue weighted by Crippen LogP contribution is -2.32. The molecule has 102 valence electrons. The zero-order valence-corrected chi connectivity index (χ0v) is 11.2. The van der Waals surface area contributed by atoms with Gasteiger partial charge < -0.3 is 15.5 Å². The van der Waals surface area contributed by atoms with E-state index in [0.717, 1.165) is 13.0 Å². The van der Waals surface area contributed by atoms with Crippen molar-refractivity contribution in [2.75, 3.05) is 13.2 Å². The van der Waals surface area contributed by atoms with Crippen molar-refractivity contribution in [3.63, 3.8) is 0 Å². The predicted molar refractivity (Wildman–Crippen MR) is 71.0 cm³/mol. The van der Waals surface area contributed by atoms with Crippen LogP contribution in [0.15, 0.2) is 0 Å². The highest BCUT2D eigenvalue weighted by molar-refractivity contribution is 4.89. The predicted octanol–water partition coefficient (Wildman–Crippen LogP) is 2.07. The molecule has 0 aliphatic carbocycles. The van der Waals surface area contributed by atoms with Gasteiger partial charge in [0.2, 0.25) is 0 Å². The van der Waals surface area contributed by atoms with Crippen LogP contribution in [0.1, 0.15) is 58.3 Å². The van der Waals surface area contributed by atoms with Gasteiger partial charge in [-0.2, -0.15) is 0 Å². The van der Waals surface area contributed by atoms with Gasteiger partial charge >= 0.3 is 0 Å². The van der Waals surface area contributed by atoms with E-state index in [2.05, 4.69) is 12.2 Å². The van der Waals surface area contributed by atoms with Gasteiger partial charge in [0, 0.05) is 19.2 Å². The number of aliphatic hydroxyl groups is 2. The van der Waals surface area contributed by atoms with Gasteiger partial charge in [-0.1, -0.05) is 45.4 Å². The molecule has 1 aliphatic heterocycles. The highest BCUT2D eigenvalue weighted by atomic mass is 16.3. The summed E-state index contributed by atoms with van der Waals surface area (Å²) in [5.74, 6) is 0.401. The van der Waals surface area contributed by atoms with E-state index < -0.39 is 0 Å². The van der Waals surface area contributed by atoms with E-state index in [1.807, 2.05) is 0 Å². The van der Waals surface area contributed by atoms with Gasteiger partial charge in [-0.25, -0.2) is 0 Å². The minimum atomic E-state index is -0.252. The Bertz CT molecular complexity index is 187. The molecule has 0 saturated carbocycles. The Balaban J connectivity index is 2.04. The Kier molecular flexibility index (Phi) is 7.82. The first-order valence-electron chi connectivity index (χ1n) is 7.32. The van der Waals surface area contributed by atoms with Gasteiger partial charge in [0.25, 0.3) is 0 Å². The number of hydrogen-bond donors (Lipinski definition) is 3. The molecule has 0 aromatic heterocycles. The summed E-state index contributed by atoms with van der Waals surface area (Å²) in [7, 11) is 0. The summed E-state index contributed by atoms with van der Waals surface area (Å²) in [5.41, 5.74) is 0. The topological polar surface area (TPSA) is 52.5 Å². The molecule has 1 aliphatic rings. The third-order valence-electron chi connectivity index (χ3n) is 3.91. The van der Waals surface area contributed by atoms with Gasteiger partial charge in [0.1, 0.15) is 0 Å². The highest BCUT2D eigenvalue weighted by Gasteiger charge is 2.32. The molecule has 0 bridgehead atoms. The summed E-state index contributed by atoms with van der Waals surface area (Å²) in [4.78, 5) is 0. The molecule has 3 N–H and O–H groups in total. The molecule has 1 saturated heterocycles. The Labute approximate surface area is 106 Å². The van der Waals surface area contributed by atoms with E-state index in [-0.39, 0.29) is 18.8 Å². The van der Waals surface area contributed by atoms with Crippen LogP contribution in [-0.4, -0.2) is 35.5 Å². The van der Waals surface area contributed by atoms with Crippen molar-refractivity contribution in [1.29, 1.82) is 0 Å². The summed E-state index contributed by atoms with van der Waals surface area (Å²) < 4.78 is 0. The Morgan fingerprint density at radius 3 is 2.47 bits per heavy atom. The summed E-state index contributed by atoms with van der Waals surface area (Å²) in [5, 5.41) is 22.2. The molecule has 3 atom stereocenters. The van der Waals surface area contributed by atoms with Crippen molar-refractivity contribution in [2.45, 2.75) is 70.4 Å². The monoisotopic (exact) mass is 243 g/mol. The zero-order valence-electron chi connectivity index (χ0n) is 11.2. The van der Waals surface area contributed by atoms with Crippen molar-refractivity contribution in [2.24, 2.45) is 5.92 Å². The second-order valence-corrected chi connectivity index (χ2v) is 5.33. The largest absolute Gasteiger partial charge is 0.396 e. The van der Waals surface area contributed by atoms with E-state index in [1.165, 1.54) is 38.5 Å². The summed E-state index contributed by atoms with van der Waals surface area (Å²) in [6.07, 6.45) is 9.43. The molecule has 0 radical (unpaired) electrons. The van der Waals surface area contributed by atoms with Crippen LogP contribution < -0.4 is 5.32 Å². The van der Waals surface area contributed by atoms with Crippen molar-refractivity contribution in [3.05, 3.63) is 0 Å². The maximum Gasteiger partial charge on any atom is 0.0734 e. The van der Waals surface area contributed by atoms with E-state index >= 15 is 0 Å². The standard InChI is InChI=1S/C14H29NO2/c1-2-3-4-5-6-7-8-12-11-15-13(9-10-16)14(12)17/h12-17H,2-11H2,1H3/t12-,13-,14+/m0/s1. The van der Waals surface area contributed by atoms with E-state index in [1.54, 1.807) is 0 Å². The molecule has 0 aromatic rings. The fraction of sp³-hybridized carbons (Fsp3) is 1.00. The quantitative estimate of drug-likeness (QED) is 0.543. The fourth-order valence-corrected chi connectivity index (χ4v) is 2.74. The maximum atomic E-state index is 10.0. The van der Waals surface area contributed by atoms with Gasteiger partial charge in [-0.15, -0.1) is 0 Å². The Morgan fingerprint density at radius 2 is 1.76 bits per heavy atom. The molecular weight excluding hydrogens is 214 g/mol. The van der Waals surface area contributed by atoms with Crippen LogP contribution in [0, 0.1) is 5.92 Å². The molecule has 1 rings (SSSR count). The lowest BCUT2D eigenvalue weighted by Gasteiger charge is -2.17. The molecule has 0 spiro atoms. The Hall–Kier alpha value is -0.120. The number of aliphatic hydroxyl groups excluding tert-OH is 2. The number of hydrogen-bond acceptors (Lipinski definition) is 3. The van der Waals surface area contributed by atoms with E-state index in [0.29, 0.717) is 12.3 Å². The van der Waals surface area contributed by atoms with Crippen LogP contribution >= 0.6 is 0 Å². The molecule has 3 nitrogen and oxygen atoms in total. The second-order valence-electron chi connectivity index (χ2n) is 5.33. The van der Waals surface area contributed by atoms with Crippen LogP contribution in [0.5, 0.6) is 0 Å². The third-order valence-corrected chi connectivity index (χ3v) is 3.91. The minimum Gasteiger partial charge on any atom is -0.396 e. The smallest absolute Gasteiger partial charge is 0.0734 e. The van der Waals surface area contributed by atoms with Gasteiger partial charge in [0.15, 0.2) is 0 Å². The average molecular weight is 243 g/mol. The molecule has 17 heavy (non-hydrogen) atoms. The van der Waals surface area contributed by atoms with Crippen LogP contribution in [0.25, 0.3) is 0 Å². The molecule has 3 heteroatoms. The maximum absolute atomic E-state index is 10.0. The first kappa shape index (κ1) is 14.9. The average Bonchev–Trinajstić information content (AvgIpc) is 2.67. The van der Waals surface area contributed by atoms with Gasteiger partial charge in [-0.3, -0.25) is 0 Å². The second kappa shape index (κ2) is 8.90. The zero-order chi connectivity index (χ0) is 12.5. The summed E-state index contributed by atoms with van der Waals surface area (Å²) in [6.45, 7) is 3.32. The van der Waals surface area contributed by atoms with Crippen molar-refractivity contribution in [1.82, 2.24) is 5.32 Å². The van der Waals surface area contributed by atoms with Crippen LogP contribution in [0.4, 0.5) is 0 Å². The van der Waals surface area contributed by atoms with Crippen LogP contribution in [0.3, 0.4) is 0 Å². The van der Waals surface area contributed by atoms with E-state index in [9.17, 15) is 5.11 Å². The molecule has 0 unspecified atom stereocenters. The van der Waals surface area contributed by atoms with Crippen molar-refractivity contribution in [3.8, 4) is 0 Å².